The Morgan fingerprint density at radius 2 is 2.00 bits per heavy atom. The molecule has 1 heterocycles. The average Bonchev–Trinajstić information content (AvgIpc) is 2.82. The molecule has 2 aromatic rings. The summed E-state index contributed by atoms with van der Waals surface area (Å²) in [4.78, 5) is 4.33. The Morgan fingerprint density at radius 1 is 1.24 bits per heavy atom. The van der Waals surface area contributed by atoms with Gasteiger partial charge in [-0.25, -0.2) is 4.98 Å². The number of benzene rings is 1. The van der Waals surface area contributed by atoms with Crippen molar-refractivity contribution in [2.75, 3.05) is 0 Å². The van der Waals surface area contributed by atoms with Crippen LogP contribution < -0.4 is 5.32 Å². The van der Waals surface area contributed by atoms with E-state index in [1.54, 1.807) is 11.3 Å². The van der Waals surface area contributed by atoms with Gasteiger partial charge in [0.15, 0.2) is 0 Å². The molecule has 0 bridgehead atoms. The van der Waals surface area contributed by atoms with Gasteiger partial charge in [0, 0.05) is 22.1 Å². The standard InChI is InChI=1S/C13H15BrN2S/c1-9(11-5-3-4-6-12(11)14)16-10(2)13-15-7-8-17-13/h3-10,16H,1-2H3/t9-,10?/m1/s1. The maximum Gasteiger partial charge on any atom is 0.109 e. The van der Waals surface area contributed by atoms with E-state index in [1.807, 2.05) is 17.6 Å². The van der Waals surface area contributed by atoms with Crippen LogP contribution in [-0.4, -0.2) is 4.98 Å². The smallest absolute Gasteiger partial charge is 0.109 e. The van der Waals surface area contributed by atoms with E-state index in [0.29, 0.717) is 6.04 Å². The highest BCUT2D eigenvalue weighted by Gasteiger charge is 2.14. The lowest BCUT2D eigenvalue weighted by atomic mass is 10.1. The molecule has 17 heavy (non-hydrogen) atoms. The molecule has 0 saturated carbocycles. The third kappa shape index (κ3) is 3.15. The minimum atomic E-state index is 0.275. The molecule has 0 radical (unpaired) electrons. The zero-order valence-corrected chi connectivity index (χ0v) is 12.3. The summed E-state index contributed by atoms with van der Waals surface area (Å²) in [7, 11) is 0. The SMILES string of the molecule is CC(N[C@H](C)c1ccccc1Br)c1nccs1. The minimum Gasteiger partial charge on any atom is -0.301 e. The van der Waals surface area contributed by atoms with E-state index >= 15 is 0 Å². The van der Waals surface area contributed by atoms with Gasteiger partial charge >= 0.3 is 0 Å². The zero-order chi connectivity index (χ0) is 12.3. The maximum absolute atomic E-state index is 4.33. The van der Waals surface area contributed by atoms with Crippen molar-refractivity contribution in [3.8, 4) is 0 Å². The van der Waals surface area contributed by atoms with Crippen LogP contribution in [0.4, 0.5) is 0 Å². The van der Waals surface area contributed by atoms with E-state index < -0.39 is 0 Å². The van der Waals surface area contributed by atoms with Crippen LogP contribution in [0.2, 0.25) is 0 Å². The molecule has 0 amide bonds. The fourth-order valence-electron chi connectivity index (χ4n) is 1.81. The van der Waals surface area contributed by atoms with Crippen molar-refractivity contribution in [2.45, 2.75) is 25.9 Å². The molecule has 2 nitrogen and oxygen atoms in total. The fourth-order valence-corrected chi connectivity index (χ4v) is 3.09. The summed E-state index contributed by atoms with van der Waals surface area (Å²) in [6, 6.07) is 8.87. The first-order chi connectivity index (χ1) is 8.18. The van der Waals surface area contributed by atoms with Gasteiger partial charge in [-0.1, -0.05) is 34.1 Å². The molecule has 0 aliphatic heterocycles. The first kappa shape index (κ1) is 12.7. The first-order valence-corrected chi connectivity index (χ1v) is 7.25. The van der Waals surface area contributed by atoms with Gasteiger partial charge in [-0.05, 0) is 25.5 Å². The lowest BCUT2D eigenvalue weighted by Gasteiger charge is -2.19. The largest absolute Gasteiger partial charge is 0.301 e. The Morgan fingerprint density at radius 3 is 2.65 bits per heavy atom. The summed E-state index contributed by atoms with van der Waals surface area (Å²) in [5.41, 5.74) is 1.27. The fraction of sp³-hybridized carbons (Fsp3) is 0.308. The van der Waals surface area contributed by atoms with E-state index in [-0.39, 0.29) is 6.04 Å². The second kappa shape index (κ2) is 5.76. The number of rotatable bonds is 4. The van der Waals surface area contributed by atoms with Gasteiger partial charge < -0.3 is 5.32 Å². The van der Waals surface area contributed by atoms with Crippen LogP contribution in [0.5, 0.6) is 0 Å². The molecule has 2 atom stereocenters. The summed E-state index contributed by atoms with van der Waals surface area (Å²) in [6.07, 6.45) is 1.85. The average molecular weight is 311 g/mol. The molecule has 0 spiro atoms. The van der Waals surface area contributed by atoms with Gasteiger partial charge in [-0.3, -0.25) is 0 Å². The summed E-state index contributed by atoms with van der Waals surface area (Å²) >= 11 is 5.27. The molecule has 1 unspecified atom stereocenters. The van der Waals surface area contributed by atoms with Gasteiger partial charge in [0.1, 0.15) is 5.01 Å². The third-order valence-corrected chi connectivity index (χ3v) is 4.37. The lowest BCUT2D eigenvalue weighted by molar-refractivity contribution is 0.492. The molecule has 0 aliphatic rings. The molecule has 1 aromatic heterocycles. The number of nitrogens with one attached hydrogen (secondary N) is 1. The van der Waals surface area contributed by atoms with Crippen LogP contribution in [0.25, 0.3) is 0 Å². The van der Waals surface area contributed by atoms with Crippen molar-refractivity contribution < 1.29 is 0 Å². The van der Waals surface area contributed by atoms with Crippen LogP contribution in [-0.2, 0) is 0 Å². The van der Waals surface area contributed by atoms with Gasteiger partial charge in [0.2, 0.25) is 0 Å². The highest BCUT2D eigenvalue weighted by atomic mass is 79.9. The molecule has 0 aliphatic carbocycles. The highest BCUT2D eigenvalue weighted by molar-refractivity contribution is 9.10. The summed E-state index contributed by atoms with van der Waals surface area (Å²) < 4.78 is 1.14. The Bertz CT molecular complexity index is 470. The van der Waals surface area contributed by atoms with Crippen LogP contribution in [0.3, 0.4) is 0 Å². The van der Waals surface area contributed by atoms with E-state index in [9.17, 15) is 0 Å². The first-order valence-electron chi connectivity index (χ1n) is 5.58. The van der Waals surface area contributed by atoms with E-state index in [1.165, 1.54) is 5.56 Å². The number of hydrogen-bond donors (Lipinski definition) is 1. The van der Waals surface area contributed by atoms with Gasteiger partial charge in [-0.15, -0.1) is 11.3 Å². The topological polar surface area (TPSA) is 24.9 Å². The van der Waals surface area contributed by atoms with Crippen molar-refractivity contribution in [3.63, 3.8) is 0 Å². The summed E-state index contributed by atoms with van der Waals surface area (Å²) in [5, 5.41) is 6.70. The van der Waals surface area contributed by atoms with Crippen LogP contribution in [0.1, 0.15) is 36.5 Å². The molecule has 2 rings (SSSR count). The van der Waals surface area contributed by atoms with E-state index in [0.717, 1.165) is 9.48 Å². The van der Waals surface area contributed by atoms with Crippen molar-refractivity contribution >= 4 is 27.3 Å². The van der Waals surface area contributed by atoms with Crippen molar-refractivity contribution in [1.82, 2.24) is 10.3 Å². The maximum atomic E-state index is 4.33. The number of hydrogen-bond acceptors (Lipinski definition) is 3. The third-order valence-electron chi connectivity index (χ3n) is 2.69. The molecule has 4 heteroatoms. The lowest BCUT2D eigenvalue weighted by Crippen LogP contribution is -2.22. The number of halogens is 1. The normalized spacial score (nSPS) is 14.5. The van der Waals surface area contributed by atoms with Crippen molar-refractivity contribution in [1.29, 1.82) is 0 Å². The Labute approximate surface area is 114 Å². The molecule has 1 N–H and O–H groups in total. The molecule has 0 saturated heterocycles. The Hall–Kier alpha value is -0.710. The van der Waals surface area contributed by atoms with Crippen LogP contribution in [0.15, 0.2) is 40.3 Å². The number of aromatic nitrogens is 1. The second-order valence-electron chi connectivity index (χ2n) is 4.00. The van der Waals surface area contributed by atoms with Gasteiger partial charge in [0.25, 0.3) is 0 Å². The Balaban J connectivity index is 2.07. The molecular weight excluding hydrogens is 296 g/mol. The van der Waals surface area contributed by atoms with Crippen molar-refractivity contribution in [2.24, 2.45) is 0 Å². The monoisotopic (exact) mass is 310 g/mol. The summed E-state index contributed by atoms with van der Waals surface area (Å²) in [6.45, 7) is 4.32. The molecular formula is C13H15BrN2S. The highest BCUT2D eigenvalue weighted by Crippen LogP contribution is 2.25. The molecule has 90 valence electrons. The quantitative estimate of drug-likeness (QED) is 0.909. The van der Waals surface area contributed by atoms with Crippen LogP contribution >= 0.6 is 27.3 Å². The van der Waals surface area contributed by atoms with E-state index in [4.69, 9.17) is 0 Å². The van der Waals surface area contributed by atoms with E-state index in [2.05, 4.69) is 58.3 Å². The second-order valence-corrected chi connectivity index (χ2v) is 5.78. The number of thiazole rings is 1. The summed E-state index contributed by atoms with van der Waals surface area (Å²) in [5.74, 6) is 0. The molecule has 0 fully saturated rings. The van der Waals surface area contributed by atoms with Crippen molar-refractivity contribution in [3.05, 3.63) is 50.9 Å². The van der Waals surface area contributed by atoms with Gasteiger partial charge in [-0.2, -0.15) is 0 Å². The minimum absolute atomic E-state index is 0.275. The number of nitrogens with zero attached hydrogens (tertiary/aromatic N) is 1. The molecule has 1 aromatic carbocycles. The van der Waals surface area contributed by atoms with Crippen LogP contribution in [0, 0.1) is 0 Å². The van der Waals surface area contributed by atoms with Gasteiger partial charge in [0.05, 0.1) is 6.04 Å². The zero-order valence-electron chi connectivity index (χ0n) is 9.85. The Kier molecular flexibility index (Phi) is 4.31. The predicted molar refractivity (Wildman–Crippen MR) is 76.2 cm³/mol. The predicted octanol–water partition coefficient (Wildman–Crippen LogP) is 4.32.